The molecule has 0 saturated carbocycles. The van der Waals surface area contributed by atoms with E-state index in [4.69, 9.17) is 4.42 Å². The molecule has 0 aliphatic heterocycles. The second kappa shape index (κ2) is 5.19. The summed E-state index contributed by atoms with van der Waals surface area (Å²) in [6.45, 7) is 8.06. The van der Waals surface area contributed by atoms with Crippen molar-refractivity contribution in [1.29, 1.82) is 0 Å². The lowest BCUT2D eigenvalue weighted by Gasteiger charge is -2.12. The zero-order valence-electron chi connectivity index (χ0n) is 10.6. The van der Waals surface area contributed by atoms with E-state index >= 15 is 0 Å². The summed E-state index contributed by atoms with van der Waals surface area (Å²) in [6, 6.07) is 4.15. The van der Waals surface area contributed by atoms with Gasteiger partial charge in [-0.15, -0.1) is 0 Å². The predicted molar refractivity (Wildman–Crippen MR) is 66.8 cm³/mol. The van der Waals surface area contributed by atoms with Gasteiger partial charge in [0.2, 0.25) is 0 Å². The van der Waals surface area contributed by atoms with Crippen molar-refractivity contribution in [3.05, 3.63) is 41.9 Å². The number of aromatic nitrogens is 2. The Morgan fingerprint density at radius 1 is 1.47 bits per heavy atom. The molecule has 4 nitrogen and oxygen atoms in total. The van der Waals surface area contributed by atoms with Crippen LogP contribution in [0.3, 0.4) is 0 Å². The molecule has 17 heavy (non-hydrogen) atoms. The van der Waals surface area contributed by atoms with Crippen molar-refractivity contribution in [3.8, 4) is 0 Å². The lowest BCUT2D eigenvalue weighted by Crippen LogP contribution is -2.23. The molecule has 0 amide bonds. The van der Waals surface area contributed by atoms with Gasteiger partial charge in [0.1, 0.15) is 5.76 Å². The molecular weight excluding hydrogens is 214 g/mol. The molecule has 0 spiro atoms. The third-order valence-electron chi connectivity index (χ3n) is 3.12. The summed E-state index contributed by atoms with van der Waals surface area (Å²) < 4.78 is 7.51. The zero-order chi connectivity index (χ0) is 12.3. The minimum absolute atomic E-state index is 0.245. The first kappa shape index (κ1) is 11.9. The fourth-order valence-electron chi connectivity index (χ4n) is 1.81. The first-order chi connectivity index (χ1) is 8.18. The minimum atomic E-state index is 0.245. The Hall–Kier alpha value is -1.55. The molecule has 92 valence electrons. The summed E-state index contributed by atoms with van der Waals surface area (Å²) in [4.78, 5) is 4.28. The van der Waals surface area contributed by atoms with Crippen LogP contribution in [0.15, 0.2) is 29.1 Å². The first-order valence-electron chi connectivity index (χ1n) is 5.93. The third kappa shape index (κ3) is 2.77. The second-order valence-corrected chi connectivity index (χ2v) is 4.30. The highest BCUT2D eigenvalue weighted by Gasteiger charge is 2.07. The van der Waals surface area contributed by atoms with Crippen molar-refractivity contribution in [2.24, 2.45) is 0 Å². The molecular formula is C13H19N3O. The van der Waals surface area contributed by atoms with Crippen molar-refractivity contribution in [2.75, 3.05) is 6.54 Å². The van der Waals surface area contributed by atoms with Gasteiger partial charge in [0.15, 0.2) is 0 Å². The number of furan rings is 1. The summed E-state index contributed by atoms with van der Waals surface area (Å²) in [5, 5.41) is 3.43. The largest absolute Gasteiger partial charge is 0.468 e. The fraction of sp³-hybridized carbons (Fsp3) is 0.462. The van der Waals surface area contributed by atoms with Crippen LogP contribution in [0.25, 0.3) is 0 Å². The lowest BCUT2D eigenvalue weighted by atomic mass is 10.2. The molecule has 1 atom stereocenters. The molecule has 2 aromatic heterocycles. The molecule has 1 N–H and O–H groups in total. The van der Waals surface area contributed by atoms with Gasteiger partial charge in [0.25, 0.3) is 0 Å². The predicted octanol–water partition coefficient (Wildman–Crippen LogP) is 2.44. The quantitative estimate of drug-likeness (QED) is 0.862. The highest BCUT2D eigenvalue weighted by atomic mass is 16.3. The third-order valence-corrected chi connectivity index (χ3v) is 3.12. The molecule has 0 bridgehead atoms. The summed E-state index contributed by atoms with van der Waals surface area (Å²) in [5.74, 6) is 0.975. The number of nitrogens with zero attached hydrogens (tertiary/aromatic N) is 2. The van der Waals surface area contributed by atoms with E-state index in [2.05, 4.69) is 28.7 Å². The zero-order valence-corrected chi connectivity index (χ0v) is 10.6. The average molecular weight is 233 g/mol. The average Bonchev–Trinajstić information content (AvgIpc) is 2.93. The van der Waals surface area contributed by atoms with Crippen LogP contribution < -0.4 is 5.32 Å². The minimum Gasteiger partial charge on any atom is -0.468 e. The molecule has 0 saturated heterocycles. The summed E-state index contributed by atoms with van der Waals surface area (Å²) in [5.41, 5.74) is 2.33. The van der Waals surface area contributed by atoms with E-state index in [9.17, 15) is 0 Å². The molecule has 2 heterocycles. The van der Waals surface area contributed by atoms with Crippen LogP contribution >= 0.6 is 0 Å². The van der Waals surface area contributed by atoms with Gasteiger partial charge < -0.3 is 14.3 Å². The van der Waals surface area contributed by atoms with Crippen LogP contribution in [-0.2, 0) is 6.54 Å². The molecule has 0 fully saturated rings. The highest BCUT2D eigenvalue weighted by Crippen LogP contribution is 2.11. The van der Waals surface area contributed by atoms with Crippen molar-refractivity contribution < 1.29 is 4.42 Å². The van der Waals surface area contributed by atoms with Gasteiger partial charge in [-0.25, -0.2) is 4.98 Å². The first-order valence-corrected chi connectivity index (χ1v) is 5.93. The Morgan fingerprint density at radius 2 is 2.29 bits per heavy atom. The topological polar surface area (TPSA) is 43.0 Å². The number of hydrogen-bond donors (Lipinski definition) is 1. The molecule has 2 aromatic rings. The summed E-state index contributed by atoms with van der Waals surface area (Å²) in [7, 11) is 0. The van der Waals surface area contributed by atoms with Gasteiger partial charge >= 0.3 is 0 Å². The van der Waals surface area contributed by atoms with Crippen LogP contribution in [0.1, 0.15) is 30.1 Å². The van der Waals surface area contributed by atoms with Crippen molar-refractivity contribution in [2.45, 2.75) is 33.4 Å². The van der Waals surface area contributed by atoms with Gasteiger partial charge in [-0.2, -0.15) is 0 Å². The van der Waals surface area contributed by atoms with Crippen LogP contribution in [0.2, 0.25) is 0 Å². The van der Waals surface area contributed by atoms with E-state index in [1.807, 2.05) is 25.4 Å². The van der Waals surface area contributed by atoms with Crippen molar-refractivity contribution in [3.63, 3.8) is 0 Å². The Morgan fingerprint density at radius 3 is 2.88 bits per heavy atom. The maximum atomic E-state index is 5.34. The van der Waals surface area contributed by atoms with Crippen LogP contribution in [-0.4, -0.2) is 16.1 Å². The number of hydrogen-bond acceptors (Lipinski definition) is 3. The van der Waals surface area contributed by atoms with Gasteiger partial charge in [0.05, 0.1) is 24.3 Å². The molecule has 0 radical (unpaired) electrons. The molecule has 0 aliphatic rings. The van der Waals surface area contributed by atoms with E-state index in [1.54, 1.807) is 6.26 Å². The van der Waals surface area contributed by atoms with Crippen LogP contribution in [0.5, 0.6) is 0 Å². The van der Waals surface area contributed by atoms with Gasteiger partial charge in [-0.1, -0.05) is 0 Å². The van der Waals surface area contributed by atoms with Gasteiger partial charge in [-0.3, -0.25) is 0 Å². The summed E-state index contributed by atoms with van der Waals surface area (Å²) >= 11 is 0. The van der Waals surface area contributed by atoms with E-state index in [1.165, 1.54) is 5.69 Å². The smallest absolute Gasteiger partial charge is 0.120 e. The number of imidazole rings is 1. The number of rotatable bonds is 5. The fourth-order valence-corrected chi connectivity index (χ4v) is 1.81. The van der Waals surface area contributed by atoms with E-state index in [0.29, 0.717) is 0 Å². The Bertz CT molecular complexity index is 459. The molecule has 0 aliphatic carbocycles. The normalized spacial score (nSPS) is 12.9. The van der Waals surface area contributed by atoms with Crippen molar-refractivity contribution >= 4 is 0 Å². The highest BCUT2D eigenvalue weighted by molar-refractivity contribution is 5.08. The van der Waals surface area contributed by atoms with Gasteiger partial charge in [-0.05, 0) is 32.9 Å². The SMILES string of the molecule is Cc1ncn(CCNC(C)c2ccco2)c1C. The Balaban J connectivity index is 1.82. The number of nitrogens with one attached hydrogen (secondary N) is 1. The van der Waals surface area contributed by atoms with Crippen LogP contribution in [0, 0.1) is 13.8 Å². The lowest BCUT2D eigenvalue weighted by molar-refractivity contribution is 0.423. The monoisotopic (exact) mass is 233 g/mol. The van der Waals surface area contributed by atoms with E-state index in [-0.39, 0.29) is 6.04 Å². The Labute approximate surface area is 102 Å². The standard InChI is InChI=1S/C13H19N3O/c1-10-12(3)16(9-15-10)7-6-14-11(2)13-5-4-8-17-13/h4-5,8-9,11,14H,6-7H2,1-3H3. The van der Waals surface area contributed by atoms with E-state index in [0.717, 1.165) is 24.5 Å². The maximum Gasteiger partial charge on any atom is 0.120 e. The molecule has 1 unspecified atom stereocenters. The molecule has 2 rings (SSSR count). The van der Waals surface area contributed by atoms with E-state index < -0.39 is 0 Å². The summed E-state index contributed by atoms with van der Waals surface area (Å²) in [6.07, 6.45) is 3.60. The maximum absolute atomic E-state index is 5.34. The molecule has 0 aromatic carbocycles. The second-order valence-electron chi connectivity index (χ2n) is 4.30. The number of aryl methyl sites for hydroxylation is 1. The van der Waals surface area contributed by atoms with Gasteiger partial charge in [0, 0.05) is 18.8 Å². The van der Waals surface area contributed by atoms with Crippen LogP contribution in [0.4, 0.5) is 0 Å². The molecule has 4 heteroatoms. The Kier molecular flexibility index (Phi) is 3.64. The van der Waals surface area contributed by atoms with Crippen molar-refractivity contribution in [1.82, 2.24) is 14.9 Å².